The fourth-order valence-corrected chi connectivity index (χ4v) is 1.57. The van der Waals surface area contributed by atoms with Crippen molar-refractivity contribution in [2.24, 2.45) is 0 Å². The van der Waals surface area contributed by atoms with Crippen molar-refractivity contribution < 1.29 is 29.4 Å². The van der Waals surface area contributed by atoms with E-state index in [0.29, 0.717) is 0 Å². The lowest BCUT2D eigenvalue weighted by atomic mass is 10.1. The molecule has 0 heterocycles. The van der Waals surface area contributed by atoms with Crippen molar-refractivity contribution in [2.45, 2.75) is 13.1 Å². The molecule has 0 fully saturated rings. The number of hydrogen-bond donors (Lipinski definition) is 4. The molecule has 0 aromatic heterocycles. The second-order valence-electron chi connectivity index (χ2n) is 4.60. The zero-order chi connectivity index (χ0) is 17.9. The van der Waals surface area contributed by atoms with E-state index in [-0.39, 0.29) is 13.1 Å². The minimum atomic E-state index is -1.20. The zero-order valence-corrected chi connectivity index (χ0v) is 12.6. The van der Waals surface area contributed by atoms with Crippen LogP contribution >= 0.6 is 0 Å². The van der Waals surface area contributed by atoms with Gasteiger partial charge in [0.1, 0.15) is 0 Å². The van der Waals surface area contributed by atoms with E-state index in [0.717, 1.165) is 35.4 Å². The smallest absolute Gasteiger partial charge is 0.328 e. The van der Waals surface area contributed by atoms with Gasteiger partial charge in [0.2, 0.25) is 11.8 Å². The van der Waals surface area contributed by atoms with E-state index in [9.17, 15) is 19.2 Å². The van der Waals surface area contributed by atoms with E-state index in [2.05, 4.69) is 10.6 Å². The SMILES string of the molecule is O=C(O)/C=C\C(=O)NCc1ccc(CNC(=O)/C=C/C(=O)O)cc1. The molecular formula is C16H16N2O6. The Morgan fingerprint density at radius 3 is 1.33 bits per heavy atom. The molecule has 4 N–H and O–H groups in total. The van der Waals surface area contributed by atoms with Crippen LogP contribution < -0.4 is 10.6 Å². The number of carbonyl (C=O) groups is 4. The van der Waals surface area contributed by atoms with E-state index < -0.39 is 23.8 Å². The maximum atomic E-state index is 11.3. The quantitative estimate of drug-likeness (QED) is 0.503. The number of benzene rings is 1. The molecule has 0 saturated heterocycles. The summed E-state index contributed by atoms with van der Waals surface area (Å²) in [6.07, 6.45) is 3.35. The largest absolute Gasteiger partial charge is 0.478 e. The Morgan fingerprint density at radius 2 is 1.04 bits per heavy atom. The highest BCUT2D eigenvalue weighted by Gasteiger charge is 2.00. The van der Waals surface area contributed by atoms with Gasteiger partial charge in [-0.05, 0) is 11.1 Å². The molecule has 0 aliphatic carbocycles. The molecule has 126 valence electrons. The number of carbonyl (C=O) groups excluding carboxylic acids is 2. The lowest BCUT2D eigenvalue weighted by Crippen LogP contribution is -2.21. The molecule has 0 atom stereocenters. The summed E-state index contributed by atoms with van der Waals surface area (Å²) in [5.74, 6) is -3.43. The number of carboxylic acid groups (broad SMARTS) is 2. The van der Waals surface area contributed by atoms with E-state index >= 15 is 0 Å². The van der Waals surface area contributed by atoms with Crippen molar-refractivity contribution >= 4 is 23.8 Å². The van der Waals surface area contributed by atoms with Crippen molar-refractivity contribution in [3.8, 4) is 0 Å². The number of amides is 2. The van der Waals surface area contributed by atoms with Gasteiger partial charge in [-0.15, -0.1) is 0 Å². The summed E-state index contributed by atoms with van der Waals surface area (Å²) in [5, 5.41) is 21.9. The maximum Gasteiger partial charge on any atom is 0.328 e. The standard InChI is InChI=1S/C16H16N2O6/c19-13(5-7-15(21)22)17-9-11-1-2-12(4-3-11)10-18-14(20)6-8-16(23)24/h1-8H,9-10H2,(H,17,19)(H,18,20)(H,21,22)(H,23,24)/b7-5-,8-6+. The topological polar surface area (TPSA) is 133 Å². The minimum absolute atomic E-state index is 0.233. The average molecular weight is 332 g/mol. The van der Waals surface area contributed by atoms with Gasteiger partial charge in [0.05, 0.1) is 0 Å². The minimum Gasteiger partial charge on any atom is -0.478 e. The first kappa shape index (κ1) is 18.6. The molecule has 0 aliphatic rings. The molecule has 0 radical (unpaired) electrons. The molecular weight excluding hydrogens is 316 g/mol. The summed E-state index contributed by atoms with van der Waals surface area (Å²) in [6.45, 7) is 0.466. The van der Waals surface area contributed by atoms with Gasteiger partial charge in [-0.25, -0.2) is 9.59 Å². The Hall–Kier alpha value is -3.42. The molecule has 2 amide bonds. The molecule has 0 unspecified atom stereocenters. The van der Waals surface area contributed by atoms with Gasteiger partial charge in [-0.3, -0.25) is 9.59 Å². The normalized spacial score (nSPS) is 10.7. The van der Waals surface area contributed by atoms with Crippen molar-refractivity contribution in [1.82, 2.24) is 10.6 Å². The zero-order valence-electron chi connectivity index (χ0n) is 12.6. The molecule has 0 bridgehead atoms. The Kier molecular flexibility index (Phi) is 7.43. The fourth-order valence-electron chi connectivity index (χ4n) is 1.57. The van der Waals surface area contributed by atoms with E-state index in [1.807, 2.05) is 0 Å². The van der Waals surface area contributed by atoms with Crippen LogP contribution in [0.4, 0.5) is 0 Å². The van der Waals surface area contributed by atoms with Gasteiger partial charge in [0, 0.05) is 37.4 Å². The summed E-state index contributed by atoms with van der Waals surface area (Å²) >= 11 is 0. The molecule has 0 aliphatic heterocycles. The summed E-state index contributed by atoms with van der Waals surface area (Å²) < 4.78 is 0. The molecule has 1 aromatic carbocycles. The third kappa shape index (κ3) is 8.13. The van der Waals surface area contributed by atoms with Gasteiger partial charge in [-0.1, -0.05) is 24.3 Å². The van der Waals surface area contributed by atoms with Gasteiger partial charge in [0.15, 0.2) is 0 Å². The van der Waals surface area contributed by atoms with Crippen LogP contribution in [0.1, 0.15) is 11.1 Å². The van der Waals surface area contributed by atoms with Crippen LogP contribution in [0.25, 0.3) is 0 Å². The fraction of sp³-hybridized carbons (Fsp3) is 0.125. The molecule has 24 heavy (non-hydrogen) atoms. The summed E-state index contributed by atoms with van der Waals surface area (Å²) in [4.78, 5) is 43.2. The van der Waals surface area contributed by atoms with Crippen molar-refractivity contribution in [3.05, 3.63) is 59.7 Å². The van der Waals surface area contributed by atoms with Gasteiger partial charge in [-0.2, -0.15) is 0 Å². The Morgan fingerprint density at radius 1 is 0.708 bits per heavy atom. The Balaban J connectivity index is 2.43. The second kappa shape index (κ2) is 9.57. The highest BCUT2D eigenvalue weighted by molar-refractivity contribution is 5.94. The first-order valence-corrected chi connectivity index (χ1v) is 6.82. The van der Waals surface area contributed by atoms with E-state index in [1.54, 1.807) is 24.3 Å². The van der Waals surface area contributed by atoms with Crippen LogP contribution in [0.15, 0.2) is 48.6 Å². The highest BCUT2D eigenvalue weighted by Crippen LogP contribution is 2.04. The Bertz CT molecular complexity index is 617. The lowest BCUT2D eigenvalue weighted by molar-refractivity contribution is -0.132. The average Bonchev–Trinajstić information content (AvgIpc) is 2.55. The molecule has 0 spiro atoms. The number of nitrogens with one attached hydrogen (secondary N) is 2. The predicted molar refractivity (Wildman–Crippen MR) is 83.7 cm³/mol. The van der Waals surface area contributed by atoms with Crippen LogP contribution in [-0.4, -0.2) is 34.0 Å². The first-order chi connectivity index (χ1) is 11.4. The number of carboxylic acids is 2. The summed E-state index contributed by atoms with van der Waals surface area (Å²) in [6, 6.07) is 6.98. The highest BCUT2D eigenvalue weighted by atomic mass is 16.4. The number of rotatable bonds is 8. The maximum absolute atomic E-state index is 11.3. The number of hydrogen-bond acceptors (Lipinski definition) is 4. The monoisotopic (exact) mass is 332 g/mol. The van der Waals surface area contributed by atoms with Crippen LogP contribution in [0.2, 0.25) is 0 Å². The van der Waals surface area contributed by atoms with Crippen LogP contribution in [-0.2, 0) is 32.3 Å². The van der Waals surface area contributed by atoms with E-state index in [4.69, 9.17) is 10.2 Å². The molecule has 8 heteroatoms. The van der Waals surface area contributed by atoms with Crippen molar-refractivity contribution in [3.63, 3.8) is 0 Å². The third-order valence-electron chi connectivity index (χ3n) is 2.71. The van der Waals surface area contributed by atoms with Crippen molar-refractivity contribution in [2.75, 3.05) is 0 Å². The summed E-state index contributed by atoms with van der Waals surface area (Å²) in [5.41, 5.74) is 1.60. The van der Waals surface area contributed by atoms with Crippen LogP contribution in [0.3, 0.4) is 0 Å². The van der Waals surface area contributed by atoms with Gasteiger partial charge in [0.25, 0.3) is 0 Å². The molecule has 0 saturated carbocycles. The van der Waals surface area contributed by atoms with Gasteiger partial charge < -0.3 is 20.8 Å². The molecule has 1 aromatic rings. The second-order valence-corrected chi connectivity index (χ2v) is 4.60. The first-order valence-electron chi connectivity index (χ1n) is 6.82. The van der Waals surface area contributed by atoms with Gasteiger partial charge >= 0.3 is 11.9 Å². The summed E-state index contributed by atoms with van der Waals surface area (Å²) in [7, 11) is 0. The van der Waals surface area contributed by atoms with E-state index in [1.165, 1.54) is 0 Å². The predicted octanol–water partition coefficient (Wildman–Crippen LogP) is 0.201. The molecule has 8 nitrogen and oxygen atoms in total. The third-order valence-corrected chi connectivity index (χ3v) is 2.71. The van der Waals surface area contributed by atoms with Crippen LogP contribution in [0.5, 0.6) is 0 Å². The lowest BCUT2D eigenvalue weighted by Gasteiger charge is -2.06. The van der Waals surface area contributed by atoms with Crippen LogP contribution in [0, 0.1) is 0 Å². The number of aliphatic carboxylic acids is 2. The van der Waals surface area contributed by atoms with Crippen molar-refractivity contribution in [1.29, 1.82) is 0 Å². The molecule has 1 rings (SSSR count). The Labute approximate surface area is 137 Å².